The van der Waals surface area contributed by atoms with Crippen molar-refractivity contribution in [1.29, 1.82) is 5.26 Å². The SMILES string of the molecule is COc1ccc(NC(=O)/C(C#N)=C(\S)SC)cc1. The van der Waals surface area contributed by atoms with Crippen LogP contribution in [0.2, 0.25) is 0 Å². The number of nitriles is 1. The number of ether oxygens (including phenoxy) is 1. The lowest BCUT2D eigenvalue weighted by Gasteiger charge is -2.06. The van der Waals surface area contributed by atoms with E-state index in [0.29, 0.717) is 15.7 Å². The number of hydrogen-bond donors (Lipinski definition) is 2. The van der Waals surface area contributed by atoms with Crippen molar-refractivity contribution in [1.82, 2.24) is 0 Å². The minimum Gasteiger partial charge on any atom is -0.497 e. The Bertz CT molecular complexity index is 504. The second kappa shape index (κ2) is 6.99. The minimum absolute atomic E-state index is 0.00153. The van der Waals surface area contributed by atoms with Crippen LogP contribution in [0.1, 0.15) is 0 Å². The highest BCUT2D eigenvalue weighted by atomic mass is 32.2. The first-order chi connectivity index (χ1) is 8.62. The maximum absolute atomic E-state index is 11.8. The number of nitrogens with zero attached hydrogens (tertiary/aromatic N) is 1. The van der Waals surface area contributed by atoms with Crippen molar-refractivity contribution in [3.63, 3.8) is 0 Å². The zero-order valence-electron chi connectivity index (χ0n) is 9.93. The number of anilines is 1. The fraction of sp³-hybridized carbons (Fsp3) is 0.167. The molecule has 0 atom stereocenters. The molecule has 0 fully saturated rings. The Morgan fingerprint density at radius 1 is 1.44 bits per heavy atom. The molecule has 0 saturated heterocycles. The third-order valence-corrected chi connectivity index (χ3v) is 3.46. The van der Waals surface area contributed by atoms with E-state index in [-0.39, 0.29) is 5.57 Å². The first-order valence-electron chi connectivity index (χ1n) is 4.95. The van der Waals surface area contributed by atoms with E-state index in [1.54, 1.807) is 37.6 Å². The molecule has 18 heavy (non-hydrogen) atoms. The third kappa shape index (κ3) is 3.72. The smallest absolute Gasteiger partial charge is 0.268 e. The van der Waals surface area contributed by atoms with Gasteiger partial charge in [0.25, 0.3) is 5.91 Å². The molecule has 0 aromatic heterocycles. The van der Waals surface area contributed by atoms with Crippen molar-refractivity contribution in [2.75, 3.05) is 18.7 Å². The van der Waals surface area contributed by atoms with Gasteiger partial charge in [-0.3, -0.25) is 4.79 Å². The molecule has 0 aliphatic rings. The van der Waals surface area contributed by atoms with Gasteiger partial charge in [0, 0.05) is 5.69 Å². The molecule has 1 aromatic carbocycles. The highest BCUT2D eigenvalue weighted by molar-refractivity contribution is 8.15. The molecule has 0 heterocycles. The molecular weight excluding hydrogens is 268 g/mol. The van der Waals surface area contributed by atoms with E-state index in [9.17, 15) is 4.79 Å². The lowest BCUT2D eigenvalue weighted by Crippen LogP contribution is -2.14. The summed E-state index contributed by atoms with van der Waals surface area (Å²) in [5.41, 5.74) is 0.595. The van der Waals surface area contributed by atoms with Crippen LogP contribution in [0.3, 0.4) is 0 Å². The van der Waals surface area contributed by atoms with E-state index in [1.165, 1.54) is 11.8 Å². The Kier molecular flexibility index (Phi) is 5.62. The summed E-state index contributed by atoms with van der Waals surface area (Å²) in [7, 11) is 1.57. The van der Waals surface area contributed by atoms with Gasteiger partial charge < -0.3 is 10.1 Å². The lowest BCUT2D eigenvalue weighted by molar-refractivity contribution is -0.112. The summed E-state index contributed by atoms with van der Waals surface area (Å²) >= 11 is 5.32. The Morgan fingerprint density at radius 3 is 2.50 bits per heavy atom. The van der Waals surface area contributed by atoms with Crippen LogP contribution >= 0.6 is 24.4 Å². The topological polar surface area (TPSA) is 62.1 Å². The Labute approximate surface area is 115 Å². The summed E-state index contributed by atoms with van der Waals surface area (Å²) in [5.74, 6) is 0.227. The van der Waals surface area contributed by atoms with Gasteiger partial charge in [-0.1, -0.05) is 0 Å². The second-order valence-electron chi connectivity index (χ2n) is 3.18. The monoisotopic (exact) mass is 280 g/mol. The second-order valence-corrected chi connectivity index (χ2v) is 4.74. The highest BCUT2D eigenvalue weighted by Gasteiger charge is 2.13. The Balaban J connectivity index is 2.84. The number of nitrogens with one attached hydrogen (secondary N) is 1. The predicted molar refractivity (Wildman–Crippen MR) is 76.8 cm³/mol. The Hall–Kier alpha value is -1.58. The van der Waals surface area contributed by atoms with Gasteiger partial charge in [-0.05, 0) is 30.5 Å². The van der Waals surface area contributed by atoms with Crippen LogP contribution in [0, 0.1) is 11.3 Å². The summed E-state index contributed by atoms with van der Waals surface area (Å²) in [6, 6.07) is 8.68. The van der Waals surface area contributed by atoms with Gasteiger partial charge in [0.1, 0.15) is 17.4 Å². The molecule has 94 valence electrons. The average molecular weight is 280 g/mol. The number of thioether (sulfide) groups is 1. The maximum Gasteiger partial charge on any atom is 0.268 e. The van der Waals surface area contributed by atoms with Crippen molar-refractivity contribution in [2.45, 2.75) is 0 Å². The summed E-state index contributed by atoms with van der Waals surface area (Å²) < 4.78 is 5.40. The number of benzene rings is 1. The van der Waals surface area contributed by atoms with Crippen molar-refractivity contribution in [3.05, 3.63) is 34.1 Å². The van der Waals surface area contributed by atoms with E-state index in [0.717, 1.165) is 0 Å². The third-order valence-electron chi connectivity index (χ3n) is 2.09. The van der Waals surface area contributed by atoms with E-state index in [4.69, 9.17) is 10.00 Å². The highest BCUT2D eigenvalue weighted by Crippen LogP contribution is 2.22. The van der Waals surface area contributed by atoms with Crippen LogP contribution in [0.4, 0.5) is 5.69 Å². The molecule has 0 saturated carbocycles. The quantitative estimate of drug-likeness (QED) is 0.505. The van der Waals surface area contributed by atoms with Gasteiger partial charge >= 0.3 is 0 Å². The van der Waals surface area contributed by atoms with Gasteiger partial charge in [-0.2, -0.15) is 5.26 Å². The number of carbonyl (C=O) groups excluding carboxylic acids is 1. The van der Waals surface area contributed by atoms with Crippen LogP contribution in [-0.2, 0) is 4.79 Å². The van der Waals surface area contributed by atoms with Gasteiger partial charge in [-0.25, -0.2) is 0 Å². The largest absolute Gasteiger partial charge is 0.497 e. The van der Waals surface area contributed by atoms with Crippen molar-refractivity contribution in [2.24, 2.45) is 0 Å². The van der Waals surface area contributed by atoms with Gasteiger partial charge in [0.05, 0.1) is 11.3 Å². The fourth-order valence-electron chi connectivity index (χ4n) is 1.17. The number of methoxy groups -OCH3 is 1. The molecule has 0 spiro atoms. The number of thiol groups is 1. The number of hydrogen-bond acceptors (Lipinski definition) is 5. The van der Waals surface area contributed by atoms with Gasteiger partial charge in [0.15, 0.2) is 0 Å². The number of carbonyl (C=O) groups is 1. The van der Waals surface area contributed by atoms with Crippen molar-refractivity contribution < 1.29 is 9.53 Å². The zero-order chi connectivity index (χ0) is 13.5. The van der Waals surface area contributed by atoms with Gasteiger partial charge in [0.2, 0.25) is 0 Å². The number of rotatable bonds is 4. The van der Waals surface area contributed by atoms with Crippen molar-refractivity contribution in [3.8, 4) is 11.8 Å². The molecule has 4 nitrogen and oxygen atoms in total. The lowest BCUT2D eigenvalue weighted by atomic mass is 10.2. The standard InChI is InChI=1S/C12H12N2O2S2/c1-16-9-5-3-8(4-6-9)14-11(15)10(7-13)12(17)18-2/h3-6,17H,1-2H3,(H,14,15)/b12-10+. The molecule has 1 aromatic rings. The van der Waals surface area contributed by atoms with Crippen LogP contribution in [0.15, 0.2) is 34.1 Å². The normalized spacial score (nSPS) is 11.2. The molecule has 1 rings (SSSR count). The van der Waals surface area contributed by atoms with Crippen molar-refractivity contribution >= 4 is 36.0 Å². The molecule has 0 radical (unpaired) electrons. The van der Waals surface area contributed by atoms with Crippen LogP contribution in [0.25, 0.3) is 0 Å². The van der Waals surface area contributed by atoms with E-state index >= 15 is 0 Å². The molecule has 0 unspecified atom stereocenters. The molecular formula is C12H12N2O2S2. The molecule has 1 amide bonds. The number of amides is 1. The van der Waals surface area contributed by atoms with E-state index < -0.39 is 5.91 Å². The first kappa shape index (κ1) is 14.5. The molecule has 0 bridgehead atoms. The van der Waals surface area contributed by atoms with Gasteiger partial charge in [-0.15, -0.1) is 24.4 Å². The van der Waals surface area contributed by atoms with E-state index in [1.807, 2.05) is 6.07 Å². The average Bonchev–Trinajstić information content (AvgIpc) is 2.40. The summed E-state index contributed by atoms with van der Waals surface area (Å²) in [6.07, 6.45) is 1.75. The van der Waals surface area contributed by atoms with Crippen LogP contribution in [0.5, 0.6) is 5.75 Å². The molecule has 0 aliphatic carbocycles. The Morgan fingerprint density at radius 2 is 2.06 bits per heavy atom. The van der Waals surface area contributed by atoms with Crippen LogP contribution < -0.4 is 10.1 Å². The first-order valence-corrected chi connectivity index (χ1v) is 6.62. The predicted octanol–water partition coefficient (Wildman–Crippen LogP) is 2.66. The summed E-state index contributed by atoms with van der Waals surface area (Å²) in [5, 5.41) is 11.5. The maximum atomic E-state index is 11.8. The zero-order valence-corrected chi connectivity index (χ0v) is 11.6. The minimum atomic E-state index is -0.470. The fourth-order valence-corrected chi connectivity index (χ4v) is 1.66. The summed E-state index contributed by atoms with van der Waals surface area (Å²) in [6.45, 7) is 0. The van der Waals surface area contributed by atoms with E-state index in [2.05, 4.69) is 17.9 Å². The molecule has 1 N–H and O–H groups in total. The molecule has 0 aliphatic heterocycles. The van der Waals surface area contributed by atoms with Crippen LogP contribution in [-0.4, -0.2) is 19.3 Å². The summed E-state index contributed by atoms with van der Waals surface area (Å²) in [4.78, 5) is 11.8. The molecule has 6 heteroatoms.